The fourth-order valence-electron chi connectivity index (χ4n) is 2.74. The van der Waals surface area contributed by atoms with Crippen molar-refractivity contribution in [2.75, 3.05) is 6.61 Å². The molecule has 158 valence electrons. The van der Waals surface area contributed by atoms with Gasteiger partial charge in [0.15, 0.2) is 11.5 Å². The summed E-state index contributed by atoms with van der Waals surface area (Å²) in [4.78, 5) is 11.4. The van der Waals surface area contributed by atoms with Crippen LogP contribution in [0.25, 0.3) is 0 Å². The highest BCUT2D eigenvalue weighted by molar-refractivity contribution is 9.10. The summed E-state index contributed by atoms with van der Waals surface area (Å²) in [5.74, 6) is -0.491. The van der Waals surface area contributed by atoms with Crippen LogP contribution in [0, 0.1) is 11.7 Å². The van der Waals surface area contributed by atoms with Crippen molar-refractivity contribution < 1.29 is 23.8 Å². The topological polar surface area (TPSA) is 67.8 Å². The fraction of sp³-hybridized carbons (Fsp3) is 0.381. The molecule has 0 aliphatic heterocycles. The molecule has 0 saturated heterocycles. The first-order valence-corrected chi connectivity index (χ1v) is 10.4. The van der Waals surface area contributed by atoms with E-state index in [1.54, 1.807) is 18.2 Å². The molecule has 0 aromatic heterocycles. The molecule has 0 amide bonds. The summed E-state index contributed by atoms with van der Waals surface area (Å²) in [7, 11) is 0. The smallest absolute Gasteiger partial charge is 0.320 e. The number of ether oxygens (including phenoxy) is 2. The molecule has 2 rings (SSSR count). The molecule has 2 N–H and O–H groups in total. The summed E-state index contributed by atoms with van der Waals surface area (Å²) in [6, 6.07) is 7.29. The molecule has 0 bridgehead atoms. The van der Waals surface area contributed by atoms with Gasteiger partial charge in [0.2, 0.25) is 0 Å². The van der Waals surface area contributed by atoms with Crippen molar-refractivity contribution in [3.63, 3.8) is 0 Å². The number of carboxylic acid groups (broad SMARTS) is 1. The first kappa shape index (κ1) is 23.4. The number of carboxylic acids is 1. The van der Waals surface area contributed by atoms with E-state index in [1.165, 1.54) is 12.1 Å². The number of carbonyl (C=O) groups is 1. The number of rotatable bonds is 10. The standard InChI is InChI=1S/C21H24BrClFNO4/c1-4-28-18-8-13(10-25-20(12(2)3)21(26)27)15(22)9-19(18)29-11-14-16(23)6-5-7-17(14)24/h5-9,12,20,25H,4,10-11H2,1-3H3,(H,26,27). The third-order valence-electron chi connectivity index (χ3n) is 4.29. The minimum atomic E-state index is -0.900. The Morgan fingerprint density at radius 3 is 2.55 bits per heavy atom. The van der Waals surface area contributed by atoms with Crippen molar-refractivity contribution in [3.05, 3.63) is 56.8 Å². The van der Waals surface area contributed by atoms with Gasteiger partial charge in [-0.3, -0.25) is 4.79 Å². The maximum atomic E-state index is 14.0. The second-order valence-electron chi connectivity index (χ2n) is 6.75. The van der Waals surface area contributed by atoms with E-state index in [0.717, 1.165) is 10.0 Å². The average Bonchev–Trinajstić information content (AvgIpc) is 2.64. The summed E-state index contributed by atoms with van der Waals surface area (Å²) in [5, 5.41) is 12.7. The van der Waals surface area contributed by atoms with Gasteiger partial charge in [0, 0.05) is 16.6 Å². The molecule has 0 spiro atoms. The minimum absolute atomic E-state index is 0.0515. The number of aliphatic carboxylic acids is 1. The molecule has 2 aromatic rings. The van der Waals surface area contributed by atoms with E-state index in [4.69, 9.17) is 21.1 Å². The van der Waals surface area contributed by atoms with Crippen molar-refractivity contribution in [1.82, 2.24) is 5.32 Å². The van der Waals surface area contributed by atoms with Crippen LogP contribution in [0.5, 0.6) is 11.5 Å². The summed E-state index contributed by atoms with van der Waals surface area (Å²) in [6.45, 7) is 6.22. The van der Waals surface area contributed by atoms with E-state index in [1.807, 2.05) is 20.8 Å². The molecule has 29 heavy (non-hydrogen) atoms. The normalized spacial score (nSPS) is 12.1. The van der Waals surface area contributed by atoms with E-state index in [9.17, 15) is 14.3 Å². The molecule has 0 saturated carbocycles. The Balaban J connectivity index is 2.21. The lowest BCUT2D eigenvalue weighted by atomic mass is 10.0. The second kappa shape index (κ2) is 10.8. The average molecular weight is 489 g/mol. The first-order valence-electron chi connectivity index (χ1n) is 9.21. The Bertz CT molecular complexity index is 843. The Hall–Kier alpha value is -1.83. The van der Waals surface area contributed by atoms with E-state index in [-0.39, 0.29) is 23.1 Å². The van der Waals surface area contributed by atoms with E-state index in [0.29, 0.717) is 24.7 Å². The molecule has 0 aliphatic carbocycles. The molecule has 8 heteroatoms. The highest BCUT2D eigenvalue weighted by Gasteiger charge is 2.21. The zero-order valence-electron chi connectivity index (χ0n) is 16.5. The van der Waals surface area contributed by atoms with Crippen molar-refractivity contribution in [1.29, 1.82) is 0 Å². The van der Waals surface area contributed by atoms with Gasteiger partial charge in [-0.05, 0) is 42.7 Å². The largest absolute Gasteiger partial charge is 0.490 e. The predicted octanol–water partition coefficient (Wildman–Crippen LogP) is 5.42. The molecule has 0 heterocycles. The molecule has 2 aromatic carbocycles. The quantitative estimate of drug-likeness (QED) is 0.467. The summed E-state index contributed by atoms with van der Waals surface area (Å²) in [6.07, 6.45) is 0. The Kier molecular flexibility index (Phi) is 8.74. The lowest BCUT2D eigenvalue weighted by molar-refractivity contribution is -0.140. The van der Waals surface area contributed by atoms with Crippen molar-refractivity contribution in [3.8, 4) is 11.5 Å². The Morgan fingerprint density at radius 1 is 1.28 bits per heavy atom. The maximum Gasteiger partial charge on any atom is 0.320 e. The van der Waals surface area contributed by atoms with Crippen LogP contribution in [-0.2, 0) is 17.9 Å². The number of halogens is 3. The molecular formula is C21H24BrClFNO4. The minimum Gasteiger partial charge on any atom is -0.490 e. The van der Waals surface area contributed by atoms with Gasteiger partial charge in [-0.2, -0.15) is 0 Å². The van der Waals surface area contributed by atoms with Gasteiger partial charge in [-0.25, -0.2) is 4.39 Å². The number of hydrogen-bond donors (Lipinski definition) is 2. The predicted molar refractivity (Wildman–Crippen MR) is 114 cm³/mol. The maximum absolute atomic E-state index is 14.0. The van der Waals surface area contributed by atoms with Gasteiger partial charge in [0.1, 0.15) is 18.5 Å². The van der Waals surface area contributed by atoms with Crippen LogP contribution < -0.4 is 14.8 Å². The molecule has 1 unspecified atom stereocenters. The van der Waals surface area contributed by atoms with Crippen LogP contribution in [0.4, 0.5) is 4.39 Å². The lowest BCUT2D eigenvalue weighted by Crippen LogP contribution is -2.40. The van der Waals surface area contributed by atoms with Gasteiger partial charge in [-0.15, -0.1) is 0 Å². The third-order valence-corrected chi connectivity index (χ3v) is 5.38. The van der Waals surface area contributed by atoms with Crippen LogP contribution in [0.2, 0.25) is 5.02 Å². The highest BCUT2D eigenvalue weighted by atomic mass is 79.9. The molecule has 0 fully saturated rings. The summed E-state index contributed by atoms with van der Waals surface area (Å²) < 4.78 is 26.2. The van der Waals surface area contributed by atoms with Crippen molar-refractivity contribution in [2.45, 2.75) is 40.0 Å². The van der Waals surface area contributed by atoms with E-state index >= 15 is 0 Å². The Labute approximate surface area is 183 Å². The first-order chi connectivity index (χ1) is 13.7. The monoisotopic (exact) mass is 487 g/mol. The van der Waals surface area contributed by atoms with Gasteiger partial charge in [0.25, 0.3) is 0 Å². The van der Waals surface area contributed by atoms with Crippen molar-refractivity contribution in [2.24, 2.45) is 5.92 Å². The van der Waals surface area contributed by atoms with Crippen LogP contribution >= 0.6 is 27.5 Å². The molecule has 0 radical (unpaired) electrons. The van der Waals surface area contributed by atoms with Crippen LogP contribution in [0.15, 0.2) is 34.8 Å². The molecule has 5 nitrogen and oxygen atoms in total. The SMILES string of the molecule is CCOc1cc(CNC(C(=O)O)C(C)C)c(Br)cc1OCc1c(F)cccc1Cl. The number of benzene rings is 2. The molecular weight excluding hydrogens is 465 g/mol. The highest BCUT2D eigenvalue weighted by Crippen LogP contribution is 2.35. The molecule has 1 atom stereocenters. The van der Waals surface area contributed by atoms with E-state index < -0.39 is 17.8 Å². The Morgan fingerprint density at radius 2 is 1.97 bits per heavy atom. The van der Waals surface area contributed by atoms with Crippen LogP contribution in [0.3, 0.4) is 0 Å². The van der Waals surface area contributed by atoms with Gasteiger partial charge >= 0.3 is 5.97 Å². The zero-order valence-corrected chi connectivity index (χ0v) is 18.8. The van der Waals surface area contributed by atoms with Gasteiger partial charge < -0.3 is 19.9 Å². The zero-order chi connectivity index (χ0) is 21.6. The van der Waals surface area contributed by atoms with E-state index in [2.05, 4.69) is 21.2 Å². The number of nitrogens with one attached hydrogen (secondary N) is 1. The van der Waals surface area contributed by atoms with Crippen LogP contribution in [-0.4, -0.2) is 23.7 Å². The summed E-state index contributed by atoms with van der Waals surface area (Å²) >= 11 is 9.55. The third kappa shape index (κ3) is 6.32. The van der Waals surface area contributed by atoms with Gasteiger partial charge in [0.05, 0.1) is 11.6 Å². The van der Waals surface area contributed by atoms with Crippen molar-refractivity contribution >= 4 is 33.5 Å². The van der Waals surface area contributed by atoms with Crippen LogP contribution in [0.1, 0.15) is 31.9 Å². The molecule has 0 aliphatic rings. The second-order valence-corrected chi connectivity index (χ2v) is 8.01. The fourth-order valence-corrected chi connectivity index (χ4v) is 3.42. The lowest BCUT2D eigenvalue weighted by Gasteiger charge is -2.20. The van der Waals surface area contributed by atoms with Gasteiger partial charge in [-0.1, -0.05) is 47.4 Å². The summed E-state index contributed by atoms with van der Waals surface area (Å²) in [5.41, 5.74) is 1.08. The number of hydrogen-bond acceptors (Lipinski definition) is 4.